The van der Waals surface area contributed by atoms with Gasteiger partial charge in [-0.3, -0.25) is 9.69 Å². The SMILES string of the molecule is CC[C@H](C)Oc1ccc(/C=C2/NC(=O)N(Cc3ccc(C)cc3)C2=O)cc1Br. The number of hydrogen-bond acceptors (Lipinski definition) is 3. The molecule has 5 nitrogen and oxygen atoms in total. The third kappa shape index (κ3) is 4.62. The molecular formula is C22H23BrN2O3. The van der Waals surface area contributed by atoms with Crippen LogP contribution in [-0.4, -0.2) is 22.9 Å². The maximum absolute atomic E-state index is 12.7. The van der Waals surface area contributed by atoms with Gasteiger partial charge in [0.15, 0.2) is 0 Å². The molecular weight excluding hydrogens is 420 g/mol. The van der Waals surface area contributed by atoms with Crippen LogP contribution in [-0.2, 0) is 11.3 Å². The molecule has 0 unspecified atom stereocenters. The molecule has 0 bridgehead atoms. The summed E-state index contributed by atoms with van der Waals surface area (Å²) in [5, 5.41) is 2.66. The molecule has 0 saturated carbocycles. The maximum Gasteiger partial charge on any atom is 0.329 e. The number of imide groups is 1. The number of rotatable bonds is 6. The third-order valence-corrected chi connectivity index (χ3v) is 5.21. The Bertz CT molecular complexity index is 922. The Hall–Kier alpha value is -2.60. The molecule has 1 heterocycles. The first-order chi connectivity index (χ1) is 13.4. The van der Waals surface area contributed by atoms with E-state index in [0.29, 0.717) is 0 Å². The van der Waals surface area contributed by atoms with Crippen molar-refractivity contribution in [2.45, 2.75) is 39.8 Å². The third-order valence-electron chi connectivity index (χ3n) is 4.59. The van der Waals surface area contributed by atoms with Gasteiger partial charge in [-0.2, -0.15) is 0 Å². The van der Waals surface area contributed by atoms with Gasteiger partial charge in [-0.1, -0.05) is 42.8 Å². The van der Waals surface area contributed by atoms with Gasteiger partial charge < -0.3 is 10.1 Å². The first-order valence-corrected chi connectivity index (χ1v) is 10.0. The number of ether oxygens (including phenoxy) is 1. The van der Waals surface area contributed by atoms with Crippen molar-refractivity contribution >= 4 is 33.9 Å². The zero-order chi connectivity index (χ0) is 20.3. The topological polar surface area (TPSA) is 58.6 Å². The van der Waals surface area contributed by atoms with Crippen molar-refractivity contribution in [2.75, 3.05) is 0 Å². The van der Waals surface area contributed by atoms with Gasteiger partial charge in [0.1, 0.15) is 11.4 Å². The van der Waals surface area contributed by atoms with Crippen molar-refractivity contribution < 1.29 is 14.3 Å². The number of nitrogens with one attached hydrogen (secondary N) is 1. The number of hydrogen-bond donors (Lipinski definition) is 1. The van der Waals surface area contributed by atoms with Gasteiger partial charge in [0.2, 0.25) is 0 Å². The first kappa shape index (κ1) is 20.1. The van der Waals surface area contributed by atoms with E-state index in [2.05, 4.69) is 28.2 Å². The van der Waals surface area contributed by atoms with Gasteiger partial charge in [0, 0.05) is 0 Å². The molecule has 2 aromatic rings. The number of aryl methyl sites for hydroxylation is 1. The van der Waals surface area contributed by atoms with Crippen LogP contribution in [0.25, 0.3) is 6.08 Å². The monoisotopic (exact) mass is 442 g/mol. The Kier molecular flexibility index (Phi) is 6.19. The molecule has 3 amide bonds. The summed E-state index contributed by atoms with van der Waals surface area (Å²) < 4.78 is 6.64. The average Bonchev–Trinajstić information content (AvgIpc) is 2.93. The molecule has 0 aliphatic carbocycles. The number of urea groups is 1. The molecule has 1 aliphatic heterocycles. The lowest BCUT2D eigenvalue weighted by Gasteiger charge is -2.14. The second-order valence-electron chi connectivity index (χ2n) is 6.89. The highest BCUT2D eigenvalue weighted by Gasteiger charge is 2.33. The molecule has 0 aromatic heterocycles. The Morgan fingerprint density at radius 3 is 2.54 bits per heavy atom. The fraction of sp³-hybridized carbons (Fsp3) is 0.273. The largest absolute Gasteiger partial charge is 0.490 e. The summed E-state index contributed by atoms with van der Waals surface area (Å²) in [4.78, 5) is 26.1. The summed E-state index contributed by atoms with van der Waals surface area (Å²) in [7, 11) is 0. The lowest BCUT2D eigenvalue weighted by Crippen LogP contribution is -2.30. The van der Waals surface area contributed by atoms with Crippen LogP contribution in [0.5, 0.6) is 5.75 Å². The van der Waals surface area contributed by atoms with E-state index in [1.54, 1.807) is 6.08 Å². The van der Waals surface area contributed by atoms with Crippen molar-refractivity contribution in [3.8, 4) is 5.75 Å². The Morgan fingerprint density at radius 2 is 1.89 bits per heavy atom. The van der Waals surface area contributed by atoms with Crippen molar-refractivity contribution in [3.63, 3.8) is 0 Å². The Morgan fingerprint density at radius 1 is 1.18 bits per heavy atom. The summed E-state index contributed by atoms with van der Waals surface area (Å²) in [5.41, 5.74) is 3.10. The smallest absolute Gasteiger partial charge is 0.329 e. The minimum Gasteiger partial charge on any atom is -0.490 e. The van der Waals surface area contributed by atoms with E-state index < -0.39 is 6.03 Å². The normalized spacial score (nSPS) is 16.4. The number of amides is 3. The van der Waals surface area contributed by atoms with E-state index in [0.717, 1.165) is 33.3 Å². The quantitative estimate of drug-likeness (QED) is 0.504. The van der Waals surface area contributed by atoms with E-state index in [1.807, 2.05) is 56.3 Å². The summed E-state index contributed by atoms with van der Waals surface area (Å²) in [6.07, 6.45) is 2.70. The molecule has 1 aliphatic rings. The highest BCUT2D eigenvalue weighted by Crippen LogP contribution is 2.28. The predicted octanol–water partition coefficient (Wildman–Crippen LogP) is 5.03. The molecule has 1 N–H and O–H groups in total. The van der Waals surface area contributed by atoms with Crippen molar-refractivity contribution in [1.29, 1.82) is 0 Å². The van der Waals surface area contributed by atoms with Crippen LogP contribution in [0.4, 0.5) is 4.79 Å². The molecule has 28 heavy (non-hydrogen) atoms. The van der Waals surface area contributed by atoms with Crippen LogP contribution in [0.3, 0.4) is 0 Å². The number of halogens is 1. The van der Waals surface area contributed by atoms with Crippen LogP contribution < -0.4 is 10.1 Å². The standard InChI is InChI=1S/C22H23BrN2O3/c1-4-15(3)28-20-10-9-17(11-18(20)23)12-19-21(26)25(22(27)24-19)13-16-7-5-14(2)6-8-16/h5-12,15H,4,13H2,1-3H3,(H,24,27)/b19-12+/t15-/m0/s1. The lowest BCUT2D eigenvalue weighted by atomic mass is 10.1. The molecule has 6 heteroatoms. The van der Waals surface area contributed by atoms with Crippen molar-refractivity contribution in [2.24, 2.45) is 0 Å². The van der Waals surface area contributed by atoms with Gasteiger partial charge in [-0.25, -0.2) is 4.79 Å². The fourth-order valence-corrected chi connectivity index (χ4v) is 3.25. The lowest BCUT2D eigenvalue weighted by molar-refractivity contribution is -0.123. The molecule has 1 atom stereocenters. The average molecular weight is 443 g/mol. The summed E-state index contributed by atoms with van der Waals surface area (Å²) in [6.45, 7) is 6.31. The van der Waals surface area contributed by atoms with Crippen LogP contribution in [0.1, 0.15) is 37.0 Å². The van der Waals surface area contributed by atoms with E-state index in [4.69, 9.17) is 4.74 Å². The first-order valence-electron chi connectivity index (χ1n) is 9.23. The van der Waals surface area contributed by atoms with E-state index in [-0.39, 0.29) is 24.3 Å². The molecule has 2 aromatic carbocycles. The van der Waals surface area contributed by atoms with E-state index in [1.165, 1.54) is 4.90 Å². The molecule has 0 radical (unpaired) electrons. The predicted molar refractivity (Wildman–Crippen MR) is 113 cm³/mol. The molecule has 3 rings (SSSR count). The van der Waals surface area contributed by atoms with Gasteiger partial charge in [0.25, 0.3) is 5.91 Å². The van der Waals surface area contributed by atoms with Crippen molar-refractivity contribution in [1.82, 2.24) is 10.2 Å². The number of benzene rings is 2. The minimum atomic E-state index is -0.410. The van der Waals surface area contributed by atoms with Gasteiger partial charge in [-0.15, -0.1) is 0 Å². The van der Waals surface area contributed by atoms with E-state index in [9.17, 15) is 9.59 Å². The second-order valence-corrected chi connectivity index (χ2v) is 7.75. The molecule has 146 valence electrons. The van der Waals surface area contributed by atoms with Gasteiger partial charge >= 0.3 is 6.03 Å². The van der Waals surface area contributed by atoms with Crippen LogP contribution in [0, 0.1) is 6.92 Å². The number of carbonyl (C=O) groups is 2. The van der Waals surface area contributed by atoms with Crippen LogP contribution in [0.15, 0.2) is 52.6 Å². The van der Waals surface area contributed by atoms with Crippen molar-refractivity contribution in [3.05, 3.63) is 69.3 Å². The number of carbonyl (C=O) groups excluding carboxylic acids is 2. The zero-order valence-electron chi connectivity index (χ0n) is 16.2. The fourth-order valence-electron chi connectivity index (χ4n) is 2.76. The second kappa shape index (κ2) is 8.61. The van der Waals surface area contributed by atoms with Gasteiger partial charge in [-0.05, 0) is 65.5 Å². The molecule has 0 spiro atoms. The van der Waals surface area contributed by atoms with Gasteiger partial charge in [0.05, 0.1) is 17.1 Å². The zero-order valence-corrected chi connectivity index (χ0v) is 17.7. The summed E-state index contributed by atoms with van der Waals surface area (Å²) >= 11 is 3.51. The molecule has 1 fully saturated rings. The van der Waals surface area contributed by atoms with Crippen LogP contribution >= 0.6 is 15.9 Å². The van der Waals surface area contributed by atoms with E-state index >= 15 is 0 Å². The highest BCUT2D eigenvalue weighted by atomic mass is 79.9. The Balaban J connectivity index is 1.76. The summed E-state index contributed by atoms with van der Waals surface area (Å²) in [6, 6.07) is 12.9. The van der Waals surface area contributed by atoms with Crippen LogP contribution in [0.2, 0.25) is 0 Å². The molecule has 1 saturated heterocycles. The summed E-state index contributed by atoms with van der Waals surface area (Å²) in [5.74, 6) is 0.418. The highest BCUT2D eigenvalue weighted by molar-refractivity contribution is 9.10. The number of nitrogens with zero attached hydrogens (tertiary/aromatic N) is 1. The minimum absolute atomic E-state index is 0.117. The maximum atomic E-state index is 12.7. The Labute approximate surface area is 173 Å².